The Hall–Kier alpha value is -0.970. The highest BCUT2D eigenvalue weighted by molar-refractivity contribution is 4.88. The van der Waals surface area contributed by atoms with Crippen LogP contribution in [0.4, 0.5) is 0 Å². The van der Waals surface area contributed by atoms with E-state index in [0.29, 0.717) is 6.04 Å². The predicted molar refractivity (Wildman–Crippen MR) is 43.5 cm³/mol. The lowest BCUT2D eigenvalue weighted by Crippen LogP contribution is -2.25. The van der Waals surface area contributed by atoms with Crippen LogP contribution in [-0.4, -0.2) is 32.8 Å². The molecule has 0 spiro atoms. The SMILES string of the molecule is Cn1nnnc1CC1CCCN1. The minimum Gasteiger partial charge on any atom is -0.314 e. The van der Waals surface area contributed by atoms with Crippen LogP contribution in [0.5, 0.6) is 0 Å². The number of hydrogen-bond donors (Lipinski definition) is 1. The first-order chi connectivity index (χ1) is 5.86. The van der Waals surface area contributed by atoms with Crippen molar-refractivity contribution in [3.8, 4) is 0 Å². The number of aromatic nitrogens is 4. The molecule has 1 aromatic rings. The highest BCUT2D eigenvalue weighted by Gasteiger charge is 2.16. The van der Waals surface area contributed by atoms with Gasteiger partial charge in [0.1, 0.15) is 0 Å². The molecule has 5 heteroatoms. The fourth-order valence-electron chi connectivity index (χ4n) is 1.57. The van der Waals surface area contributed by atoms with Gasteiger partial charge in [0.2, 0.25) is 0 Å². The van der Waals surface area contributed by atoms with Gasteiger partial charge < -0.3 is 5.32 Å². The lowest BCUT2D eigenvalue weighted by Gasteiger charge is -2.07. The van der Waals surface area contributed by atoms with Crippen LogP contribution in [0, 0.1) is 0 Å². The normalized spacial score (nSPS) is 23.2. The quantitative estimate of drug-likeness (QED) is 0.645. The van der Waals surface area contributed by atoms with Gasteiger partial charge in [-0.25, -0.2) is 4.68 Å². The minimum absolute atomic E-state index is 0.578. The third-order valence-corrected chi connectivity index (χ3v) is 2.30. The number of nitrogens with one attached hydrogen (secondary N) is 1. The van der Waals surface area contributed by atoms with Gasteiger partial charge in [-0.2, -0.15) is 0 Å². The molecular weight excluding hydrogens is 154 g/mol. The summed E-state index contributed by atoms with van der Waals surface area (Å²) >= 11 is 0. The summed E-state index contributed by atoms with van der Waals surface area (Å²) in [4.78, 5) is 0. The Balaban J connectivity index is 1.98. The van der Waals surface area contributed by atoms with E-state index in [1.807, 2.05) is 7.05 Å². The maximum Gasteiger partial charge on any atom is 0.152 e. The predicted octanol–water partition coefficient (Wildman–Crippen LogP) is -0.495. The standard InChI is InChI=1S/C7H13N5/c1-12-7(9-10-11-12)5-6-3-2-4-8-6/h6,8H,2-5H2,1H3. The van der Waals surface area contributed by atoms with Crippen molar-refractivity contribution in [3.05, 3.63) is 5.82 Å². The van der Waals surface area contributed by atoms with Crippen LogP contribution in [0.25, 0.3) is 0 Å². The van der Waals surface area contributed by atoms with Gasteiger partial charge in [0.15, 0.2) is 5.82 Å². The molecule has 0 amide bonds. The summed E-state index contributed by atoms with van der Waals surface area (Å²) in [7, 11) is 1.88. The summed E-state index contributed by atoms with van der Waals surface area (Å²) in [5.74, 6) is 0.967. The van der Waals surface area contributed by atoms with Crippen LogP contribution in [-0.2, 0) is 13.5 Å². The number of aryl methyl sites for hydroxylation is 1. The number of hydrogen-bond acceptors (Lipinski definition) is 4. The summed E-state index contributed by atoms with van der Waals surface area (Å²) in [5.41, 5.74) is 0. The van der Waals surface area contributed by atoms with Gasteiger partial charge in [0, 0.05) is 19.5 Å². The topological polar surface area (TPSA) is 55.6 Å². The zero-order valence-corrected chi connectivity index (χ0v) is 7.19. The number of nitrogens with zero attached hydrogens (tertiary/aromatic N) is 4. The molecule has 1 aliphatic heterocycles. The highest BCUT2D eigenvalue weighted by atomic mass is 15.5. The van der Waals surface area contributed by atoms with Gasteiger partial charge in [0.25, 0.3) is 0 Å². The van der Waals surface area contributed by atoms with Gasteiger partial charge in [0.05, 0.1) is 0 Å². The van der Waals surface area contributed by atoms with E-state index in [9.17, 15) is 0 Å². The van der Waals surface area contributed by atoms with E-state index in [1.54, 1.807) is 4.68 Å². The first-order valence-corrected chi connectivity index (χ1v) is 4.31. The molecule has 0 aromatic carbocycles. The molecule has 1 aliphatic rings. The van der Waals surface area contributed by atoms with E-state index >= 15 is 0 Å². The Labute approximate surface area is 71.1 Å². The summed E-state index contributed by atoms with van der Waals surface area (Å²) in [6, 6.07) is 0.578. The van der Waals surface area contributed by atoms with Crippen LogP contribution in [0.1, 0.15) is 18.7 Å². The average molecular weight is 167 g/mol. The Morgan fingerprint density at radius 2 is 2.58 bits per heavy atom. The van der Waals surface area contributed by atoms with Crippen molar-refractivity contribution in [2.45, 2.75) is 25.3 Å². The summed E-state index contributed by atoms with van der Waals surface area (Å²) in [6.45, 7) is 1.13. The van der Waals surface area contributed by atoms with Gasteiger partial charge in [-0.3, -0.25) is 0 Å². The molecule has 0 radical (unpaired) electrons. The maximum absolute atomic E-state index is 3.94. The van der Waals surface area contributed by atoms with Crippen molar-refractivity contribution < 1.29 is 0 Å². The van der Waals surface area contributed by atoms with Crippen molar-refractivity contribution >= 4 is 0 Å². The molecule has 1 unspecified atom stereocenters. The Bertz CT molecular complexity index is 250. The highest BCUT2D eigenvalue weighted by Crippen LogP contribution is 2.08. The fourth-order valence-corrected chi connectivity index (χ4v) is 1.57. The second-order valence-electron chi connectivity index (χ2n) is 3.22. The molecule has 1 aromatic heterocycles. The lowest BCUT2D eigenvalue weighted by atomic mass is 10.1. The molecule has 66 valence electrons. The molecule has 2 heterocycles. The molecule has 1 fully saturated rings. The van der Waals surface area contributed by atoms with Gasteiger partial charge in [-0.05, 0) is 29.8 Å². The van der Waals surface area contributed by atoms with E-state index < -0.39 is 0 Å². The Morgan fingerprint density at radius 1 is 1.67 bits per heavy atom. The summed E-state index contributed by atoms with van der Waals surface area (Å²) in [6.07, 6.45) is 3.46. The second kappa shape index (κ2) is 3.18. The Morgan fingerprint density at radius 3 is 3.17 bits per heavy atom. The molecule has 0 saturated carbocycles. The minimum atomic E-state index is 0.578. The molecular formula is C7H13N5. The van der Waals surface area contributed by atoms with Crippen molar-refractivity contribution in [2.24, 2.45) is 7.05 Å². The van der Waals surface area contributed by atoms with E-state index in [0.717, 1.165) is 18.8 Å². The van der Waals surface area contributed by atoms with Crippen molar-refractivity contribution in [1.29, 1.82) is 0 Å². The molecule has 2 rings (SSSR count). The molecule has 1 atom stereocenters. The van der Waals surface area contributed by atoms with Crippen LogP contribution < -0.4 is 5.32 Å². The second-order valence-corrected chi connectivity index (χ2v) is 3.22. The molecule has 12 heavy (non-hydrogen) atoms. The van der Waals surface area contributed by atoms with Crippen LogP contribution in [0.2, 0.25) is 0 Å². The third-order valence-electron chi connectivity index (χ3n) is 2.30. The van der Waals surface area contributed by atoms with Crippen LogP contribution in [0.3, 0.4) is 0 Å². The first-order valence-electron chi connectivity index (χ1n) is 4.31. The molecule has 0 aliphatic carbocycles. The summed E-state index contributed by atoms with van der Waals surface area (Å²) < 4.78 is 1.74. The van der Waals surface area contributed by atoms with E-state index in [-0.39, 0.29) is 0 Å². The number of tetrazole rings is 1. The fraction of sp³-hybridized carbons (Fsp3) is 0.857. The molecule has 0 bridgehead atoms. The maximum atomic E-state index is 3.94. The average Bonchev–Trinajstić information content (AvgIpc) is 2.65. The van der Waals surface area contributed by atoms with E-state index in [1.165, 1.54) is 12.8 Å². The van der Waals surface area contributed by atoms with Crippen LogP contribution >= 0.6 is 0 Å². The van der Waals surface area contributed by atoms with Crippen LogP contribution in [0.15, 0.2) is 0 Å². The van der Waals surface area contributed by atoms with E-state index in [2.05, 4.69) is 20.8 Å². The zero-order chi connectivity index (χ0) is 8.39. The van der Waals surface area contributed by atoms with Crippen molar-refractivity contribution in [1.82, 2.24) is 25.5 Å². The molecule has 5 nitrogen and oxygen atoms in total. The van der Waals surface area contributed by atoms with Gasteiger partial charge in [-0.15, -0.1) is 5.10 Å². The smallest absolute Gasteiger partial charge is 0.152 e. The zero-order valence-electron chi connectivity index (χ0n) is 7.19. The summed E-state index contributed by atoms with van der Waals surface area (Å²) in [5, 5.41) is 14.7. The lowest BCUT2D eigenvalue weighted by molar-refractivity contribution is 0.561. The molecule has 1 saturated heterocycles. The largest absolute Gasteiger partial charge is 0.314 e. The monoisotopic (exact) mass is 167 g/mol. The Kier molecular flexibility index (Phi) is 2.03. The van der Waals surface area contributed by atoms with Crippen molar-refractivity contribution in [2.75, 3.05) is 6.54 Å². The van der Waals surface area contributed by atoms with Gasteiger partial charge >= 0.3 is 0 Å². The van der Waals surface area contributed by atoms with Gasteiger partial charge in [-0.1, -0.05) is 0 Å². The van der Waals surface area contributed by atoms with Crippen molar-refractivity contribution in [3.63, 3.8) is 0 Å². The molecule has 1 N–H and O–H groups in total. The third kappa shape index (κ3) is 1.45. The number of rotatable bonds is 2. The first kappa shape index (κ1) is 7.67. The van der Waals surface area contributed by atoms with E-state index in [4.69, 9.17) is 0 Å².